The van der Waals surface area contributed by atoms with E-state index >= 15 is 0 Å². The quantitative estimate of drug-likeness (QED) is 0.458. The van der Waals surface area contributed by atoms with Crippen molar-refractivity contribution in [2.24, 2.45) is 0 Å². The molecule has 1 fully saturated rings. The van der Waals surface area contributed by atoms with Crippen LogP contribution in [0, 0.1) is 12.7 Å². The molecule has 7 heteroatoms. The van der Waals surface area contributed by atoms with E-state index in [1.807, 2.05) is 12.1 Å². The second-order valence-corrected chi connectivity index (χ2v) is 7.94. The summed E-state index contributed by atoms with van der Waals surface area (Å²) in [7, 11) is 0. The summed E-state index contributed by atoms with van der Waals surface area (Å²) in [6, 6.07) is 14.0. The maximum Gasteiger partial charge on any atom is 0.279 e. The Labute approximate surface area is 177 Å². The van der Waals surface area contributed by atoms with Crippen LogP contribution in [0.15, 0.2) is 48.5 Å². The maximum atomic E-state index is 12.9. The van der Waals surface area contributed by atoms with Gasteiger partial charge in [-0.3, -0.25) is 9.59 Å². The highest BCUT2D eigenvalue weighted by atomic mass is 19.1. The van der Waals surface area contributed by atoms with Gasteiger partial charge in [0.2, 0.25) is 0 Å². The summed E-state index contributed by atoms with van der Waals surface area (Å²) in [5, 5.41) is 5.83. The maximum absolute atomic E-state index is 12.9. The monoisotopic (exact) mass is 414 g/mol. The number of halogens is 1. The molecule has 3 rings (SSSR count). The van der Waals surface area contributed by atoms with Gasteiger partial charge in [-0.05, 0) is 48.7 Å². The van der Waals surface area contributed by atoms with Gasteiger partial charge < -0.3 is 20.4 Å². The standard InChI is InChI=1S/C23H29FN4O2/c1-18-4-2-3-5-19(18)10-11-25-22(29)16-27-12-14-28(15-13-27)17-23(30)26-21-8-6-20(24)7-9-21/h2-9H,10-17H2,1H3,(H,25,29)(H,26,30)/p+2. The van der Waals surface area contributed by atoms with E-state index in [4.69, 9.17) is 0 Å². The number of anilines is 1. The molecule has 0 aromatic heterocycles. The average molecular weight is 415 g/mol. The van der Waals surface area contributed by atoms with Crippen molar-refractivity contribution in [1.82, 2.24) is 5.32 Å². The Morgan fingerprint density at radius 2 is 1.50 bits per heavy atom. The minimum atomic E-state index is -0.322. The molecule has 0 unspecified atom stereocenters. The van der Waals surface area contributed by atoms with E-state index in [9.17, 15) is 14.0 Å². The van der Waals surface area contributed by atoms with Gasteiger partial charge in [0.05, 0.1) is 0 Å². The molecule has 6 nitrogen and oxygen atoms in total. The van der Waals surface area contributed by atoms with E-state index in [2.05, 4.69) is 29.7 Å². The first-order chi connectivity index (χ1) is 14.5. The fourth-order valence-corrected chi connectivity index (χ4v) is 3.79. The molecule has 0 saturated carbocycles. The number of rotatable bonds is 8. The van der Waals surface area contributed by atoms with Crippen LogP contribution in [-0.4, -0.2) is 57.6 Å². The molecule has 0 spiro atoms. The molecular formula is C23H31FN4O2+2. The number of piperazine rings is 1. The Bertz CT molecular complexity index is 849. The minimum Gasteiger partial charge on any atom is -0.351 e. The second kappa shape index (κ2) is 10.8. The zero-order valence-corrected chi connectivity index (χ0v) is 17.5. The van der Waals surface area contributed by atoms with Gasteiger partial charge >= 0.3 is 0 Å². The SMILES string of the molecule is Cc1ccccc1CCNC(=O)C[NH+]1CC[NH+](CC(=O)Nc2ccc(F)cc2)CC1. The molecule has 160 valence electrons. The lowest BCUT2D eigenvalue weighted by Crippen LogP contribution is -3.28. The molecule has 0 bridgehead atoms. The molecule has 2 amide bonds. The van der Waals surface area contributed by atoms with Crippen molar-refractivity contribution in [2.75, 3.05) is 51.1 Å². The van der Waals surface area contributed by atoms with Crippen LogP contribution in [0.5, 0.6) is 0 Å². The fourth-order valence-electron chi connectivity index (χ4n) is 3.79. The number of hydrogen-bond donors (Lipinski definition) is 4. The molecule has 2 aromatic rings. The number of carbonyl (C=O) groups excluding carboxylic acids is 2. The van der Waals surface area contributed by atoms with E-state index in [0.29, 0.717) is 25.3 Å². The van der Waals surface area contributed by atoms with Gasteiger partial charge in [-0.2, -0.15) is 0 Å². The zero-order chi connectivity index (χ0) is 21.3. The first-order valence-electron chi connectivity index (χ1n) is 10.5. The molecule has 30 heavy (non-hydrogen) atoms. The van der Waals surface area contributed by atoms with E-state index in [-0.39, 0.29) is 17.6 Å². The van der Waals surface area contributed by atoms with Crippen LogP contribution in [0.1, 0.15) is 11.1 Å². The van der Waals surface area contributed by atoms with E-state index in [1.165, 1.54) is 33.1 Å². The summed E-state index contributed by atoms with van der Waals surface area (Å²) in [6.07, 6.45) is 0.842. The number of aryl methyl sites for hydroxylation is 1. The van der Waals surface area contributed by atoms with Crippen LogP contribution in [0.3, 0.4) is 0 Å². The summed E-state index contributed by atoms with van der Waals surface area (Å²) >= 11 is 0. The lowest BCUT2D eigenvalue weighted by molar-refractivity contribution is -1.00. The van der Waals surface area contributed by atoms with Crippen LogP contribution in [0.25, 0.3) is 0 Å². The molecule has 4 N–H and O–H groups in total. The number of hydrogen-bond acceptors (Lipinski definition) is 2. The van der Waals surface area contributed by atoms with Gasteiger partial charge in [0.1, 0.15) is 32.0 Å². The third-order valence-corrected chi connectivity index (χ3v) is 5.59. The van der Waals surface area contributed by atoms with Gasteiger partial charge in [0, 0.05) is 12.2 Å². The number of benzene rings is 2. The molecule has 0 atom stereocenters. The lowest BCUT2D eigenvalue weighted by atomic mass is 10.1. The third kappa shape index (κ3) is 6.93. The predicted molar refractivity (Wildman–Crippen MR) is 114 cm³/mol. The topological polar surface area (TPSA) is 67.1 Å². The van der Waals surface area contributed by atoms with E-state index in [1.54, 1.807) is 12.1 Å². The minimum absolute atomic E-state index is 0.0750. The highest BCUT2D eigenvalue weighted by Crippen LogP contribution is 2.07. The average Bonchev–Trinajstić information content (AvgIpc) is 2.72. The molecule has 1 heterocycles. The van der Waals surface area contributed by atoms with Crippen molar-refractivity contribution in [3.8, 4) is 0 Å². The summed E-state index contributed by atoms with van der Waals surface area (Å²) < 4.78 is 12.9. The number of quaternary nitrogens is 2. The number of nitrogens with one attached hydrogen (secondary N) is 4. The highest BCUT2D eigenvalue weighted by Gasteiger charge is 2.26. The first kappa shape index (κ1) is 21.9. The molecule has 0 radical (unpaired) electrons. The Morgan fingerprint density at radius 1 is 0.900 bits per heavy atom. The van der Waals surface area contributed by atoms with E-state index < -0.39 is 0 Å². The van der Waals surface area contributed by atoms with Crippen molar-refractivity contribution in [3.05, 3.63) is 65.5 Å². The Morgan fingerprint density at radius 3 is 2.13 bits per heavy atom. The van der Waals surface area contributed by atoms with Crippen molar-refractivity contribution in [1.29, 1.82) is 0 Å². The molecule has 1 saturated heterocycles. The lowest BCUT2D eigenvalue weighted by Gasteiger charge is -2.29. The Kier molecular flexibility index (Phi) is 7.93. The van der Waals surface area contributed by atoms with Crippen molar-refractivity contribution >= 4 is 17.5 Å². The summed E-state index contributed by atoms with van der Waals surface area (Å²) in [6.45, 7) is 7.02. The highest BCUT2D eigenvalue weighted by molar-refractivity contribution is 5.91. The van der Waals surface area contributed by atoms with Gasteiger partial charge in [0.25, 0.3) is 11.8 Å². The third-order valence-electron chi connectivity index (χ3n) is 5.59. The van der Waals surface area contributed by atoms with Crippen molar-refractivity contribution < 1.29 is 23.8 Å². The van der Waals surface area contributed by atoms with Crippen LogP contribution in [0.4, 0.5) is 10.1 Å². The number of carbonyl (C=O) groups is 2. The fraction of sp³-hybridized carbons (Fsp3) is 0.391. The molecule has 2 aromatic carbocycles. The first-order valence-corrected chi connectivity index (χ1v) is 10.5. The Hall–Kier alpha value is -2.77. The normalized spacial score (nSPS) is 18.6. The van der Waals surface area contributed by atoms with Crippen LogP contribution in [0.2, 0.25) is 0 Å². The predicted octanol–water partition coefficient (Wildman–Crippen LogP) is -0.785. The zero-order valence-electron chi connectivity index (χ0n) is 17.5. The Balaban J connectivity index is 1.32. The molecular weight excluding hydrogens is 383 g/mol. The van der Waals surface area contributed by atoms with Gasteiger partial charge in [-0.25, -0.2) is 4.39 Å². The number of amides is 2. The van der Waals surface area contributed by atoms with Gasteiger partial charge in [0.15, 0.2) is 13.1 Å². The second-order valence-electron chi connectivity index (χ2n) is 7.94. The van der Waals surface area contributed by atoms with Crippen molar-refractivity contribution in [3.63, 3.8) is 0 Å². The van der Waals surface area contributed by atoms with Crippen LogP contribution < -0.4 is 20.4 Å². The van der Waals surface area contributed by atoms with E-state index in [0.717, 1.165) is 32.6 Å². The van der Waals surface area contributed by atoms with Crippen LogP contribution >= 0.6 is 0 Å². The van der Waals surface area contributed by atoms with Crippen LogP contribution in [-0.2, 0) is 16.0 Å². The summed E-state index contributed by atoms with van der Waals surface area (Å²) in [5.74, 6) is -0.318. The largest absolute Gasteiger partial charge is 0.351 e. The summed E-state index contributed by atoms with van der Waals surface area (Å²) in [4.78, 5) is 26.9. The summed E-state index contributed by atoms with van der Waals surface area (Å²) in [5.41, 5.74) is 3.12. The smallest absolute Gasteiger partial charge is 0.279 e. The van der Waals surface area contributed by atoms with Gasteiger partial charge in [-0.15, -0.1) is 0 Å². The molecule has 1 aliphatic rings. The van der Waals surface area contributed by atoms with Crippen molar-refractivity contribution in [2.45, 2.75) is 13.3 Å². The molecule has 0 aliphatic carbocycles. The van der Waals surface area contributed by atoms with Gasteiger partial charge in [-0.1, -0.05) is 24.3 Å². The molecule has 1 aliphatic heterocycles.